The largest absolute Gasteiger partial charge is 0.492 e. The summed E-state index contributed by atoms with van der Waals surface area (Å²) in [6, 6.07) is 13.6. The third kappa shape index (κ3) is 4.95. The maximum atomic E-state index is 12.5. The number of thiol groups is 1. The fourth-order valence-corrected chi connectivity index (χ4v) is 4.05. The van der Waals surface area contributed by atoms with Crippen LogP contribution < -0.4 is 16.2 Å². The van der Waals surface area contributed by atoms with E-state index in [0.29, 0.717) is 37.5 Å². The van der Waals surface area contributed by atoms with Crippen LogP contribution in [0.1, 0.15) is 33.9 Å². The Labute approximate surface area is 181 Å². The Hall–Kier alpha value is -2.55. The lowest BCUT2D eigenvalue weighted by molar-refractivity contribution is -0.124. The quantitative estimate of drug-likeness (QED) is 0.452. The van der Waals surface area contributed by atoms with E-state index in [9.17, 15) is 14.7 Å². The number of nitrogens with zero attached hydrogens (tertiary/aromatic N) is 1. The summed E-state index contributed by atoms with van der Waals surface area (Å²) < 4.78 is 5.72. The number of amides is 1. The van der Waals surface area contributed by atoms with E-state index in [1.165, 1.54) is 6.07 Å². The van der Waals surface area contributed by atoms with Crippen molar-refractivity contribution in [2.45, 2.75) is 31.0 Å². The van der Waals surface area contributed by atoms with Gasteiger partial charge in [-0.15, -0.1) is 0 Å². The van der Waals surface area contributed by atoms with E-state index in [-0.39, 0.29) is 17.6 Å². The minimum absolute atomic E-state index is 0.106. The highest BCUT2D eigenvalue weighted by atomic mass is 32.1. The Bertz CT molecular complexity index is 893. The number of rotatable bonds is 9. The summed E-state index contributed by atoms with van der Waals surface area (Å²) in [6.45, 7) is 0.733. The first-order chi connectivity index (χ1) is 14.4. The van der Waals surface area contributed by atoms with Gasteiger partial charge in [0.05, 0.1) is 12.6 Å². The molecular formula is C22H27N3O4S. The lowest BCUT2D eigenvalue weighted by Gasteiger charge is -2.41. The van der Waals surface area contributed by atoms with Crippen molar-refractivity contribution in [1.82, 2.24) is 4.90 Å². The number of primary amides is 1. The first-order valence-electron chi connectivity index (χ1n) is 9.86. The standard InChI is InChI=1S/C22H27N3O4S/c23-15(13-30)12-25(19(21(24)26)11-14-5-2-1-3-6-14)18-9-10-29-20-16(18)7-4-8-17(20)22(27)28/h1-8,15,18-19,30H,9-13,23H2,(H2,24,26)(H,27,28)/t15-,18?,19+/m1/s1. The molecule has 0 aliphatic carbocycles. The van der Waals surface area contributed by atoms with Crippen molar-refractivity contribution >= 4 is 24.5 Å². The van der Waals surface area contributed by atoms with E-state index in [1.54, 1.807) is 6.07 Å². The molecule has 0 spiro atoms. The van der Waals surface area contributed by atoms with Crippen LogP contribution in [0.15, 0.2) is 48.5 Å². The lowest BCUT2D eigenvalue weighted by atomic mass is 9.92. The van der Waals surface area contributed by atoms with Crippen LogP contribution in [0, 0.1) is 0 Å². The monoisotopic (exact) mass is 429 g/mol. The molecule has 5 N–H and O–H groups in total. The van der Waals surface area contributed by atoms with Crippen molar-refractivity contribution in [2.24, 2.45) is 11.5 Å². The Kier molecular flexibility index (Phi) is 7.36. The van der Waals surface area contributed by atoms with Gasteiger partial charge in [0.15, 0.2) is 0 Å². The summed E-state index contributed by atoms with van der Waals surface area (Å²) in [5.74, 6) is -0.721. The van der Waals surface area contributed by atoms with Gasteiger partial charge in [0, 0.05) is 36.4 Å². The van der Waals surface area contributed by atoms with Gasteiger partial charge in [-0.1, -0.05) is 42.5 Å². The molecule has 2 aromatic rings. The number of carbonyl (C=O) groups excluding carboxylic acids is 1. The summed E-state index contributed by atoms with van der Waals surface area (Å²) in [4.78, 5) is 26.2. The Balaban J connectivity index is 2.03. The molecule has 160 valence electrons. The normalized spacial score (nSPS) is 17.6. The van der Waals surface area contributed by atoms with Gasteiger partial charge < -0.3 is 21.3 Å². The van der Waals surface area contributed by atoms with Crippen molar-refractivity contribution in [3.05, 3.63) is 65.2 Å². The van der Waals surface area contributed by atoms with E-state index >= 15 is 0 Å². The molecule has 7 nitrogen and oxygen atoms in total. The molecule has 1 aliphatic heterocycles. The van der Waals surface area contributed by atoms with Crippen molar-refractivity contribution < 1.29 is 19.4 Å². The zero-order valence-electron chi connectivity index (χ0n) is 16.6. The first-order valence-corrected chi connectivity index (χ1v) is 10.5. The minimum atomic E-state index is -1.05. The van der Waals surface area contributed by atoms with Crippen molar-refractivity contribution in [3.63, 3.8) is 0 Å². The number of fused-ring (bicyclic) bond motifs is 1. The highest BCUT2D eigenvalue weighted by Gasteiger charge is 2.36. The number of carboxylic acid groups (broad SMARTS) is 1. The van der Waals surface area contributed by atoms with Gasteiger partial charge in [-0.3, -0.25) is 9.69 Å². The maximum absolute atomic E-state index is 12.5. The lowest BCUT2D eigenvalue weighted by Crippen LogP contribution is -2.53. The highest BCUT2D eigenvalue weighted by Crippen LogP contribution is 2.39. The number of aromatic carboxylic acids is 1. The molecule has 1 unspecified atom stereocenters. The second-order valence-corrected chi connectivity index (χ2v) is 7.79. The van der Waals surface area contributed by atoms with Crippen molar-refractivity contribution in [1.29, 1.82) is 0 Å². The second-order valence-electron chi connectivity index (χ2n) is 7.43. The van der Waals surface area contributed by atoms with Gasteiger partial charge in [0.25, 0.3) is 0 Å². The van der Waals surface area contributed by atoms with Crippen molar-refractivity contribution in [2.75, 3.05) is 18.9 Å². The topological polar surface area (TPSA) is 119 Å². The van der Waals surface area contributed by atoms with E-state index < -0.39 is 17.9 Å². The summed E-state index contributed by atoms with van der Waals surface area (Å²) in [6.07, 6.45) is 1.02. The zero-order valence-corrected chi connectivity index (χ0v) is 17.5. The summed E-state index contributed by atoms with van der Waals surface area (Å²) >= 11 is 4.30. The van der Waals surface area contributed by atoms with Crippen LogP contribution in [0.4, 0.5) is 0 Å². The number of nitrogens with two attached hydrogens (primary N) is 2. The minimum Gasteiger partial charge on any atom is -0.492 e. The molecule has 0 fully saturated rings. The zero-order chi connectivity index (χ0) is 21.7. The number of carbonyl (C=O) groups is 2. The molecule has 0 saturated heterocycles. The van der Waals surface area contributed by atoms with Gasteiger partial charge in [0.2, 0.25) is 5.91 Å². The van der Waals surface area contributed by atoms with Crippen molar-refractivity contribution in [3.8, 4) is 5.75 Å². The number of ether oxygens (including phenoxy) is 1. The average Bonchev–Trinajstić information content (AvgIpc) is 2.75. The molecule has 0 radical (unpaired) electrons. The van der Waals surface area contributed by atoms with Gasteiger partial charge in [-0.25, -0.2) is 4.79 Å². The second kappa shape index (κ2) is 9.97. The molecule has 1 heterocycles. The molecule has 1 aliphatic rings. The van der Waals surface area contributed by atoms with Crippen LogP contribution in [0.3, 0.4) is 0 Å². The van der Waals surface area contributed by atoms with E-state index in [4.69, 9.17) is 16.2 Å². The molecule has 0 aromatic heterocycles. The first kappa shape index (κ1) is 22.1. The Morgan fingerprint density at radius 3 is 2.57 bits per heavy atom. The van der Waals surface area contributed by atoms with Crippen LogP contribution in [-0.4, -0.2) is 52.9 Å². The SMILES string of the molecule is NC(=O)[C@H](Cc1ccccc1)N(C[C@@H](N)CS)C1CCOc2c(C(=O)O)cccc21. The number of hydrogen-bond acceptors (Lipinski definition) is 6. The maximum Gasteiger partial charge on any atom is 0.339 e. The Morgan fingerprint density at radius 2 is 1.93 bits per heavy atom. The predicted octanol–water partition coefficient (Wildman–Crippen LogP) is 1.86. The third-order valence-electron chi connectivity index (χ3n) is 5.35. The summed E-state index contributed by atoms with van der Waals surface area (Å²) in [5.41, 5.74) is 13.9. The molecule has 1 amide bonds. The molecule has 2 aromatic carbocycles. The van der Waals surface area contributed by atoms with Crippen LogP contribution in [0.5, 0.6) is 5.75 Å². The van der Waals surface area contributed by atoms with E-state index in [0.717, 1.165) is 11.1 Å². The van der Waals surface area contributed by atoms with Crippen LogP contribution in [0.2, 0.25) is 0 Å². The number of hydrogen-bond donors (Lipinski definition) is 4. The molecule has 8 heteroatoms. The fraction of sp³-hybridized carbons (Fsp3) is 0.364. The van der Waals surface area contributed by atoms with E-state index in [2.05, 4.69) is 12.6 Å². The molecule has 0 saturated carbocycles. The molecular weight excluding hydrogens is 402 g/mol. The van der Waals surface area contributed by atoms with Gasteiger partial charge in [-0.2, -0.15) is 12.6 Å². The van der Waals surface area contributed by atoms with Gasteiger partial charge in [0.1, 0.15) is 11.3 Å². The van der Waals surface area contributed by atoms with Crippen LogP contribution in [-0.2, 0) is 11.2 Å². The third-order valence-corrected chi connectivity index (χ3v) is 5.82. The van der Waals surface area contributed by atoms with Gasteiger partial charge >= 0.3 is 5.97 Å². The molecule has 0 bridgehead atoms. The predicted molar refractivity (Wildman–Crippen MR) is 118 cm³/mol. The summed E-state index contributed by atoms with van der Waals surface area (Å²) in [7, 11) is 0. The summed E-state index contributed by atoms with van der Waals surface area (Å²) in [5, 5.41) is 9.54. The van der Waals surface area contributed by atoms with Crippen LogP contribution >= 0.6 is 12.6 Å². The molecule has 3 rings (SSSR count). The molecule has 30 heavy (non-hydrogen) atoms. The average molecular weight is 430 g/mol. The number of para-hydroxylation sites is 1. The molecule has 3 atom stereocenters. The fourth-order valence-electron chi connectivity index (χ4n) is 3.94. The van der Waals surface area contributed by atoms with Gasteiger partial charge in [-0.05, 0) is 18.1 Å². The highest BCUT2D eigenvalue weighted by molar-refractivity contribution is 7.80. The number of carboxylic acids is 1. The number of benzene rings is 2. The smallest absolute Gasteiger partial charge is 0.339 e. The Morgan fingerprint density at radius 1 is 1.20 bits per heavy atom. The van der Waals surface area contributed by atoms with Crippen LogP contribution in [0.25, 0.3) is 0 Å². The van der Waals surface area contributed by atoms with E-state index in [1.807, 2.05) is 41.3 Å².